The van der Waals surface area contributed by atoms with E-state index in [2.05, 4.69) is 35.4 Å². The summed E-state index contributed by atoms with van der Waals surface area (Å²) in [6.07, 6.45) is 5.01. The fourth-order valence-corrected chi connectivity index (χ4v) is 3.02. The molecule has 0 spiro atoms. The number of hydrogen-bond donors (Lipinski definition) is 2. The monoisotopic (exact) mass is 439 g/mol. The van der Waals surface area contributed by atoms with E-state index >= 15 is 0 Å². The first-order valence-corrected chi connectivity index (χ1v) is 9.75. The van der Waals surface area contributed by atoms with E-state index in [1.807, 2.05) is 6.92 Å². The van der Waals surface area contributed by atoms with Crippen LogP contribution in [0.1, 0.15) is 12.5 Å². The summed E-state index contributed by atoms with van der Waals surface area (Å²) in [5.74, 6) is 0.449. The average Bonchev–Trinajstić information content (AvgIpc) is 3.21. The quantitative estimate of drug-likeness (QED) is 0.455. The number of alkyl halides is 2. The van der Waals surface area contributed by atoms with Crippen molar-refractivity contribution in [2.75, 3.05) is 11.9 Å². The second kappa shape index (κ2) is 9.33. The second-order valence-electron chi connectivity index (χ2n) is 6.73. The first-order chi connectivity index (χ1) is 15.5. The maximum atomic E-state index is 12.4. The molecular weight excluding hydrogens is 420 g/mol. The van der Waals surface area contributed by atoms with Crippen LogP contribution in [0.25, 0.3) is 22.4 Å². The molecule has 0 bridgehead atoms. The van der Waals surface area contributed by atoms with Crippen LogP contribution >= 0.6 is 0 Å². The van der Waals surface area contributed by atoms with Gasteiger partial charge in [-0.15, -0.1) is 0 Å². The first kappa shape index (κ1) is 21.1. The van der Waals surface area contributed by atoms with Crippen molar-refractivity contribution in [3.63, 3.8) is 0 Å². The van der Waals surface area contributed by atoms with Crippen LogP contribution in [-0.4, -0.2) is 43.9 Å². The molecule has 0 radical (unpaired) electrons. The zero-order valence-electron chi connectivity index (χ0n) is 17.0. The van der Waals surface area contributed by atoms with Gasteiger partial charge in [0.25, 0.3) is 0 Å². The lowest BCUT2D eigenvalue weighted by Gasteiger charge is -2.07. The van der Waals surface area contributed by atoms with Crippen LogP contribution in [0.4, 0.5) is 19.4 Å². The fraction of sp³-hybridized carbons (Fsp3) is 0.190. The van der Waals surface area contributed by atoms with Gasteiger partial charge in [-0.2, -0.15) is 13.9 Å². The van der Waals surface area contributed by atoms with E-state index in [0.29, 0.717) is 41.3 Å². The standard InChI is InChI=1S/C21H19F2N7O2/c1-2-24-21(31)29-18-7-6-16-19(28-18)27-17(10-25-16)14-9-26-30(12-14)11-13-4-3-5-15(8-13)32-20(22)23/h3-10,12,20H,2,11H2,1H3,(H2,24,27,28,29,31). The molecule has 3 aromatic heterocycles. The molecule has 0 fully saturated rings. The zero-order valence-corrected chi connectivity index (χ0v) is 17.0. The van der Waals surface area contributed by atoms with Crippen molar-refractivity contribution in [3.8, 4) is 17.0 Å². The van der Waals surface area contributed by atoms with Crippen LogP contribution in [0.5, 0.6) is 5.75 Å². The number of urea groups is 1. The van der Waals surface area contributed by atoms with Crippen molar-refractivity contribution in [1.29, 1.82) is 0 Å². The Morgan fingerprint density at radius 1 is 1.19 bits per heavy atom. The second-order valence-corrected chi connectivity index (χ2v) is 6.73. The molecule has 164 valence electrons. The Labute approximate surface area is 181 Å². The van der Waals surface area contributed by atoms with Crippen LogP contribution in [0, 0.1) is 0 Å². The molecule has 4 rings (SSSR count). The molecule has 0 aliphatic heterocycles. The third-order valence-corrected chi connectivity index (χ3v) is 4.38. The normalized spacial score (nSPS) is 11.0. The van der Waals surface area contributed by atoms with Crippen molar-refractivity contribution >= 4 is 23.0 Å². The lowest BCUT2D eigenvalue weighted by Crippen LogP contribution is -2.28. The maximum Gasteiger partial charge on any atom is 0.387 e. The molecule has 2 N–H and O–H groups in total. The van der Waals surface area contributed by atoms with Gasteiger partial charge < -0.3 is 10.1 Å². The number of rotatable bonds is 7. The zero-order chi connectivity index (χ0) is 22.5. The summed E-state index contributed by atoms with van der Waals surface area (Å²) in [6.45, 7) is -0.199. The van der Waals surface area contributed by atoms with Gasteiger partial charge in [0.1, 0.15) is 17.1 Å². The number of fused-ring (bicyclic) bond motifs is 1. The number of pyridine rings is 1. The van der Waals surface area contributed by atoms with Gasteiger partial charge in [-0.25, -0.2) is 14.8 Å². The molecule has 1 aromatic carbocycles. The summed E-state index contributed by atoms with van der Waals surface area (Å²) >= 11 is 0. The van der Waals surface area contributed by atoms with Gasteiger partial charge in [-0.3, -0.25) is 15.0 Å². The number of hydrogen-bond acceptors (Lipinski definition) is 6. The Balaban J connectivity index is 1.53. The van der Waals surface area contributed by atoms with Crippen LogP contribution in [-0.2, 0) is 6.54 Å². The number of nitrogens with one attached hydrogen (secondary N) is 2. The number of aromatic nitrogens is 5. The summed E-state index contributed by atoms with van der Waals surface area (Å²) in [5.41, 5.74) is 2.98. The number of nitrogens with zero attached hydrogens (tertiary/aromatic N) is 5. The molecule has 0 atom stereocenters. The molecular formula is C21H19F2N7O2. The summed E-state index contributed by atoms with van der Waals surface area (Å²) in [5, 5.41) is 9.58. The van der Waals surface area contributed by atoms with E-state index in [1.165, 1.54) is 12.1 Å². The third-order valence-electron chi connectivity index (χ3n) is 4.38. The Morgan fingerprint density at radius 2 is 2.06 bits per heavy atom. The van der Waals surface area contributed by atoms with Crippen LogP contribution in [0.3, 0.4) is 0 Å². The van der Waals surface area contributed by atoms with Gasteiger partial charge in [0, 0.05) is 18.3 Å². The SMILES string of the molecule is CCNC(=O)Nc1ccc2ncc(-c3cnn(Cc4cccc(OC(F)F)c4)c3)nc2n1. The molecule has 3 heterocycles. The number of carbonyl (C=O) groups is 1. The highest BCUT2D eigenvalue weighted by molar-refractivity contribution is 5.89. The summed E-state index contributed by atoms with van der Waals surface area (Å²) < 4.78 is 30.9. The van der Waals surface area contributed by atoms with Crippen molar-refractivity contribution in [2.45, 2.75) is 20.1 Å². The molecule has 2 amide bonds. The minimum Gasteiger partial charge on any atom is -0.435 e. The number of halogens is 2. The van der Waals surface area contributed by atoms with E-state index in [-0.39, 0.29) is 11.8 Å². The summed E-state index contributed by atoms with van der Waals surface area (Å²) in [6, 6.07) is 9.46. The number of anilines is 1. The molecule has 0 aliphatic carbocycles. The highest BCUT2D eigenvalue weighted by Crippen LogP contribution is 2.21. The van der Waals surface area contributed by atoms with Gasteiger partial charge in [-0.1, -0.05) is 12.1 Å². The van der Waals surface area contributed by atoms with Crippen molar-refractivity contribution in [2.24, 2.45) is 0 Å². The Kier molecular flexibility index (Phi) is 6.15. The topological polar surface area (TPSA) is 107 Å². The largest absolute Gasteiger partial charge is 0.435 e. The lowest BCUT2D eigenvalue weighted by atomic mass is 10.2. The number of ether oxygens (including phenoxy) is 1. The van der Waals surface area contributed by atoms with E-state index in [1.54, 1.807) is 47.5 Å². The smallest absolute Gasteiger partial charge is 0.387 e. The van der Waals surface area contributed by atoms with Crippen molar-refractivity contribution in [3.05, 3.63) is 60.6 Å². The summed E-state index contributed by atoms with van der Waals surface area (Å²) in [7, 11) is 0. The fourth-order valence-electron chi connectivity index (χ4n) is 3.02. The number of amides is 2. The molecule has 0 unspecified atom stereocenters. The highest BCUT2D eigenvalue weighted by atomic mass is 19.3. The van der Waals surface area contributed by atoms with E-state index < -0.39 is 6.61 Å². The minimum atomic E-state index is -2.88. The molecule has 9 nitrogen and oxygen atoms in total. The molecule has 0 saturated heterocycles. The predicted octanol–water partition coefficient (Wildman–Crippen LogP) is 3.68. The molecule has 0 aliphatic rings. The Morgan fingerprint density at radius 3 is 2.88 bits per heavy atom. The first-order valence-electron chi connectivity index (χ1n) is 9.75. The van der Waals surface area contributed by atoms with Gasteiger partial charge in [-0.05, 0) is 36.8 Å². The highest BCUT2D eigenvalue weighted by Gasteiger charge is 2.10. The predicted molar refractivity (Wildman–Crippen MR) is 113 cm³/mol. The van der Waals surface area contributed by atoms with Gasteiger partial charge in [0.15, 0.2) is 5.65 Å². The van der Waals surface area contributed by atoms with Crippen LogP contribution in [0.2, 0.25) is 0 Å². The molecule has 0 saturated carbocycles. The van der Waals surface area contributed by atoms with E-state index in [4.69, 9.17) is 0 Å². The van der Waals surface area contributed by atoms with Gasteiger partial charge in [0.2, 0.25) is 0 Å². The molecule has 11 heteroatoms. The maximum absolute atomic E-state index is 12.4. The average molecular weight is 439 g/mol. The number of carbonyl (C=O) groups excluding carboxylic acids is 1. The Bertz CT molecular complexity index is 1250. The molecule has 4 aromatic rings. The van der Waals surface area contributed by atoms with Crippen LogP contribution in [0.15, 0.2) is 55.0 Å². The third kappa shape index (κ3) is 5.12. The van der Waals surface area contributed by atoms with E-state index in [9.17, 15) is 13.6 Å². The molecule has 32 heavy (non-hydrogen) atoms. The minimum absolute atomic E-state index is 0.0911. The van der Waals surface area contributed by atoms with Crippen LogP contribution < -0.4 is 15.4 Å². The van der Waals surface area contributed by atoms with Crippen molar-refractivity contribution < 1.29 is 18.3 Å². The number of benzene rings is 1. The lowest BCUT2D eigenvalue weighted by molar-refractivity contribution is -0.0498. The van der Waals surface area contributed by atoms with Gasteiger partial charge >= 0.3 is 12.6 Å². The van der Waals surface area contributed by atoms with Gasteiger partial charge in [0.05, 0.1) is 24.6 Å². The Hall–Kier alpha value is -4.15. The van der Waals surface area contributed by atoms with E-state index in [0.717, 1.165) is 5.56 Å². The van der Waals surface area contributed by atoms with Crippen molar-refractivity contribution in [1.82, 2.24) is 30.0 Å². The summed E-state index contributed by atoms with van der Waals surface area (Å²) in [4.78, 5) is 24.9.